The van der Waals surface area contributed by atoms with E-state index < -0.39 is 0 Å². The lowest BCUT2D eigenvalue weighted by Gasteiger charge is -2.23. The van der Waals surface area contributed by atoms with Crippen molar-refractivity contribution in [3.8, 4) is 0 Å². The van der Waals surface area contributed by atoms with Crippen LogP contribution in [0.5, 0.6) is 0 Å². The zero-order valence-electron chi connectivity index (χ0n) is 9.86. The van der Waals surface area contributed by atoms with Crippen molar-refractivity contribution in [2.45, 2.75) is 19.3 Å². The molecule has 1 nitrogen and oxygen atoms in total. The molecule has 0 saturated heterocycles. The van der Waals surface area contributed by atoms with Crippen LogP contribution in [0.25, 0.3) is 0 Å². The molecule has 92 valence electrons. The normalized spacial score (nSPS) is 18.4. The first-order valence-electron chi connectivity index (χ1n) is 6.09. The maximum Gasteiger partial charge on any atom is 0.177 e. The minimum atomic E-state index is 0.0936. The number of carbonyl (C=O) groups is 1. The summed E-state index contributed by atoms with van der Waals surface area (Å²) in [4.78, 5) is 13.1. The van der Waals surface area contributed by atoms with Crippen molar-refractivity contribution >= 4 is 28.7 Å². The van der Waals surface area contributed by atoms with Gasteiger partial charge in [-0.3, -0.25) is 4.79 Å². The van der Waals surface area contributed by atoms with Crippen molar-refractivity contribution in [3.63, 3.8) is 0 Å². The van der Waals surface area contributed by atoms with Crippen molar-refractivity contribution in [1.82, 2.24) is 0 Å². The highest BCUT2D eigenvalue weighted by molar-refractivity contribution is 7.12. The van der Waals surface area contributed by atoms with Gasteiger partial charge in [-0.05, 0) is 41.8 Å². The van der Waals surface area contributed by atoms with Crippen molar-refractivity contribution in [3.05, 3.63) is 56.7 Å². The summed E-state index contributed by atoms with van der Waals surface area (Å²) >= 11 is 7.49. The van der Waals surface area contributed by atoms with Gasteiger partial charge >= 0.3 is 0 Å². The van der Waals surface area contributed by atoms with Crippen LogP contribution in [-0.4, -0.2) is 5.78 Å². The molecule has 3 heteroatoms. The van der Waals surface area contributed by atoms with Gasteiger partial charge in [0.05, 0.1) is 9.90 Å². The fourth-order valence-electron chi connectivity index (χ4n) is 2.58. The first-order chi connectivity index (χ1) is 8.75. The first-order valence-corrected chi connectivity index (χ1v) is 7.35. The second-order valence-electron chi connectivity index (χ2n) is 4.67. The summed E-state index contributed by atoms with van der Waals surface area (Å²) in [6.45, 7) is 0. The van der Waals surface area contributed by atoms with Gasteiger partial charge in [-0.25, -0.2) is 0 Å². The molecule has 1 heterocycles. The van der Waals surface area contributed by atoms with Crippen molar-refractivity contribution in [2.24, 2.45) is 5.92 Å². The molecule has 18 heavy (non-hydrogen) atoms. The molecule has 1 aromatic heterocycles. The second kappa shape index (κ2) is 4.87. The number of ketones is 1. The number of carbonyl (C=O) groups excluding carboxylic acids is 1. The van der Waals surface area contributed by atoms with Crippen LogP contribution in [0.3, 0.4) is 0 Å². The molecule has 0 fully saturated rings. The quantitative estimate of drug-likeness (QED) is 0.744. The average Bonchev–Trinajstić information content (AvgIpc) is 2.83. The van der Waals surface area contributed by atoms with Crippen LogP contribution >= 0.6 is 22.9 Å². The third-order valence-corrected chi connectivity index (χ3v) is 4.91. The number of aryl methyl sites for hydroxylation is 1. The predicted molar refractivity (Wildman–Crippen MR) is 75.6 cm³/mol. The predicted octanol–water partition coefficient (Wildman–Crippen LogP) is 4.39. The van der Waals surface area contributed by atoms with Crippen LogP contribution in [-0.2, 0) is 12.8 Å². The Labute approximate surface area is 115 Å². The average molecular weight is 277 g/mol. The highest BCUT2D eigenvalue weighted by Crippen LogP contribution is 2.31. The zero-order valence-corrected chi connectivity index (χ0v) is 11.4. The van der Waals surface area contributed by atoms with Gasteiger partial charge in [-0.15, -0.1) is 11.3 Å². The lowest BCUT2D eigenvalue weighted by atomic mass is 9.81. The molecule has 1 unspecified atom stereocenters. The minimum absolute atomic E-state index is 0.0936. The van der Waals surface area contributed by atoms with Crippen molar-refractivity contribution in [2.75, 3.05) is 0 Å². The maximum absolute atomic E-state index is 12.4. The summed E-state index contributed by atoms with van der Waals surface area (Å²) in [7, 11) is 0. The summed E-state index contributed by atoms with van der Waals surface area (Å²) in [5.74, 6) is 0.306. The molecule has 1 aliphatic carbocycles. The van der Waals surface area contributed by atoms with E-state index in [1.807, 2.05) is 11.4 Å². The Morgan fingerprint density at radius 3 is 2.72 bits per heavy atom. The van der Waals surface area contributed by atoms with Gasteiger partial charge in [0.25, 0.3) is 0 Å². The summed E-state index contributed by atoms with van der Waals surface area (Å²) < 4.78 is 0. The van der Waals surface area contributed by atoms with E-state index in [4.69, 9.17) is 11.6 Å². The summed E-state index contributed by atoms with van der Waals surface area (Å²) in [5.41, 5.74) is 2.70. The molecule has 0 amide bonds. The highest BCUT2D eigenvalue weighted by atomic mass is 35.5. The number of rotatable bonds is 2. The Hall–Kier alpha value is -1.12. The number of Topliss-reactive ketones (excluding diaryl/α,β-unsaturated/α-hetero) is 1. The Morgan fingerprint density at radius 2 is 2.00 bits per heavy atom. The highest BCUT2D eigenvalue weighted by Gasteiger charge is 2.27. The van der Waals surface area contributed by atoms with Crippen molar-refractivity contribution in [1.29, 1.82) is 0 Å². The molecule has 2 aromatic rings. The number of thiophene rings is 1. The van der Waals surface area contributed by atoms with Gasteiger partial charge in [0.1, 0.15) is 0 Å². The Balaban J connectivity index is 1.84. The second-order valence-corrected chi connectivity index (χ2v) is 5.99. The Morgan fingerprint density at radius 1 is 1.22 bits per heavy atom. The summed E-state index contributed by atoms with van der Waals surface area (Å²) in [6, 6.07) is 10.2. The topological polar surface area (TPSA) is 17.1 Å². The Bertz CT molecular complexity index is 588. The van der Waals surface area contributed by atoms with Gasteiger partial charge in [-0.2, -0.15) is 0 Å². The smallest absolute Gasteiger partial charge is 0.177 e. The third-order valence-electron chi connectivity index (χ3n) is 3.56. The molecule has 1 aliphatic rings. The molecular formula is C15H13ClOS. The maximum atomic E-state index is 12.4. The molecule has 3 rings (SSSR count). The number of hydrogen-bond acceptors (Lipinski definition) is 2. The van der Waals surface area contributed by atoms with Crippen LogP contribution in [0.4, 0.5) is 0 Å². The monoisotopic (exact) mass is 276 g/mol. The van der Waals surface area contributed by atoms with Gasteiger partial charge in [0, 0.05) is 5.92 Å². The van der Waals surface area contributed by atoms with E-state index in [2.05, 4.69) is 18.2 Å². The first kappa shape index (κ1) is 11.9. The number of fused-ring (bicyclic) bond motifs is 1. The summed E-state index contributed by atoms with van der Waals surface area (Å²) in [5, 5.41) is 2.48. The Kier molecular flexibility index (Phi) is 3.23. The van der Waals surface area contributed by atoms with E-state index in [-0.39, 0.29) is 11.7 Å². The number of benzene rings is 1. The van der Waals surface area contributed by atoms with E-state index in [1.54, 1.807) is 6.07 Å². The van der Waals surface area contributed by atoms with Crippen LogP contribution in [0.1, 0.15) is 27.2 Å². The van der Waals surface area contributed by atoms with Gasteiger partial charge < -0.3 is 0 Å². The fourth-order valence-corrected chi connectivity index (χ4v) is 3.74. The molecule has 0 N–H and O–H groups in total. The molecule has 0 aliphatic heterocycles. The molecule has 0 bridgehead atoms. The van der Waals surface area contributed by atoms with Crippen LogP contribution in [0, 0.1) is 5.92 Å². The molecule has 0 radical (unpaired) electrons. The van der Waals surface area contributed by atoms with Crippen molar-refractivity contribution < 1.29 is 4.79 Å². The van der Waals surface area contributed by atoms with E-state index in [0.29, 0.717) is 5.02 Å². The standard InChI is InChI=1S/C15H13ClOS/c16-13-7-8-18-15(13)14(17)12-6-5-10-3-1-2-4-11(10)9-12/h1-4,7-8,12H,5-6,9H2. The SMILES string of the molecule is O=C(c1sccc1Cl)C1CCc2ccccc2C1. The van der Waals surface area contributed by atoms with E-state index in [9.17, 15) is 4.79 Å². The van der Waals surface area contributed by atoms with E-state index in [1.165, 1.54) is 22.5 Å². The van der Waals surface area contributed by atoms with E-state index >= 15 is 0 Å². The number of halogens is 1. The molecular weight excluding hydrogens is 264 g/mol. The van der Waals surface area contributed by atoms with Gasteiger partial charge in [0.2, 0.25) is 0 Å². The third kappa shape index (κ3) is 2.11. The lowest BCUT2D eigenvalue weighted by molar-refractivity contribution is 0.0913. The zero-order chi connectivity index (χ0) is 12.5. The van der Waals surface area contributed by atoms with Crippen LogP contribution in [0.15, 0.2) is 35.7 Å². The number of hydrogen-bond donors (Lipinski definition) is 0. The molecule has 0 spiro atoms. The molecule has 1 atom stereocenters. The summed E-state index contributed by atoms with van der Waals surface area (Å²) in [6.07, 6.45) is 2.78. The molecule has 1 aromatic carbocycles. The fraction of sp³-hybridized carbons (Fsp3) is 0.267. The lowest BCUT2D eigenvalue weighted by Crippen LogP contribution is -2.22. The minimum Gasteiger partial charge on any atom is -0.293 e. The van der Waals surface area contributed by atoms with Crippen LogP contribution in [0.2, 0.25) is 5.02 Å². The van der Waals surface area contributed by atoms with Crippen LogP contribution < -0.4 is 0 Å². The van der Waals surface area contributed by atoms with Gasteiger partial charge in [0.15, 0.2) is 5.78 Å². The largest absolute Gasteiger partial charge is 0.293 e. The molecule has 0 saturated carbocycles. The van der Waals surface area contributed by atoms with Gasteiger partial charge in [-0.1, -0.05) is 35.9 Å². The van der Waals surface area contributed by atoms with E-state index in [0.717, 1.165) is 24.1 Å².